The van der Waals surface area contributed by atoms with Crippen LogP contribution in [0, 0.1) is 0 Å². The van der Waals surface area contributed by atoms with Gasteiger partial charge in [0.05, 0.1) is 23.6 Å². The second kappa shape index (κ2) is 6.14. The van der Waals surface area contributed by atoms with E-state index in [9.17, 15) is 4.79 Å². The fourth-order valence-electron chi connectivity index (χ4n) is 2.93. The molecule has 1 fully saturated rings. The topological polar surface area (TPSA) is 47.4 Å². The first-order chi connectivity index (χ1) is 11.3. The number of amides is 1. The van der Waals surface area contributed by atoms with Gasteiger partial charge in [-0.3, -0.25) is 9.78 Å². The van der Waals surface area contributed by atoms with Gasteiger partial charge in [0.1, 0.15) is 12.2 Å². The van der Waals surface area contributed by atoms with Gasteiger partial charge in [0.2, 0.25) is 5.91 Å². The van der Waals surface area contributed by atoms with E-state index in [-0.39, 0.29) is 5.91 Å². The molecule has 23 heavy (non-hydrogen) atoms. The Bertz CT molecular complexity index is 820. The van der Waals surface area contributed by atoms with Crippen molar-refractivity contribution in [3.63, 3.8) is 0 Å². The number of hydrogen-bond donors (Lipinski definition) is 0. The maximum Gasteiger partial charge on any atom is 0.242 e. The van der Waals surface area contributed by atoms with Gasteiger partial charge in [-0.25, -0.2) is 0 Å². The van der Waals surface area contributed by atoms with Gasteiger partial charge >= 0.3 is 0 Å². The van der Waals surface area contributed by atoms with E-state index in [1.807, 2.05) is 45.4 Å². The van der Waals surface area contributed by atoms with Crippen molar-refractivity contribution in [1.29, 1.82) is 0 Å². The average molecular weight is 327 g/mol. The lowest BCUT2D eigenvalue weighted by molar-refractivity contribution is -0.135. The second-order valence-electron chi connectivity index (χ2n) is 5.51. The minimum Gasteiger partial charge on any atom is -0.378 e. The van der Waals surface area contributed by atoms with E-state index in [2.05, 4.69) is 11.1 Å². The highest BCUT2D eigenvalue weighted by molar-refractivity contribution is 7.13. The molecule has 0 atom stereocenters. The molecule has 6 heteroatoms. The van der Waals surface area contributed by atoms with Crippen LogP contribution in [0.25, 0.3) is 21.5 Å². The fourth-order valence-corrected chi connectivity index (χ4v) is 3.66. The number of carbonyl (C=O) groups is 1. The minimum atomic E-state index is 0.131. The van der Waals surface area contributed by atoms with E-state index in [1.54, 1.807) is 11.3 Å². The number of hydrogen-bond acceptors (Lipinski definition) is 4. The minimum absolute atomic E-state index is 0.131. The summed E-state index contributed by atoms with van der Waals surface area (Å²) in [5.41, 5.74) is 1.97. The first-order valence-electron chi connectivity index (χ1n) is 7.66. The van der Waals surface area contributed by atoms with Crippen LogP contribution >= 0.6 is 11.3 Å². The van der Waals surface area contributed by atoms with Crippen molar-refractivity contribution in [1.82, 2.24) is 14.5 Å². The van der Waals surface area contributed by atoms with Gasteiger partial charge in [0, 0.05) is 30.9 Å². The summed E-state index contributed by atoms with van der Waals surface area (Å²) in [5.74, 6) is 0.131. The van der Waals surface area contributed by atoms with Crippen LogP contribution in [0.2, 0.25) is 0 Å². The number of morpholine rings is 1. The number of aromatic nitrogens is 2. The summed E-state index contributed by atoms with van der Waals surface area (Å²) in [5, 5.41) is 3.15. The zero-order chi connectivity index (χ0) is 15.6. The van der Waals surface area contributed by atoms with Crippen LogP contribution in [0.1, 0.15) is 0 Å². The van der Waals surface area contributed by atoms with Crippen molar-refractivity contribution < 1.29 is 9.53 Å². The zero-order valence-corrected chi connectivity index (χ0v) is 13.5. The molecular formula is C17H17N3O2S. The molecule has 118 valence electrons. The Kier molecular flexibility index (Phi) is 3.85. The molecule has 0 spiro atoms. The smallest absolute Gasteiger partial charge is 0.242 e. The van der Waals surface area contributed by atoms with E-state index in [4.69, 9.17) is 4.74 Å². The van der Waals surface area contributed by atoms with Crippen molar-refractivity contribution in [2.45, 2.75) is 6.54 Å². The quantitative estimate of drug-likeness (QED) is 0.743. The van der Waals surface area contributed by atoms with Crippen LogP contribution in [0.15, 0.2) is 42.0 Å². The molecule has 1 amide bonds. The number of nitrogens with zero attached hydrogens (tertiary/aromatic N) is 3. The van der Waals surface area contributed by atoms with E-state index in [0.29, 0.717) is 32.8 Å². The molecule has 4 heterocycles. The molecule has 0 bridgehead atoms. The lowest BCUT2D eigenvalue weighted by atomic mass is 10.2. The Hall–Kier alpha value is -2.18. The molecule has 5 nitrogen and oxygen atoms in total. The SMILES string of the molecule is O=C(Cn1ccc2ccnc(-c3cccs3)c21)N1CCOCC1. The lowest BCUT2D eigenvalue weighted by Crippen LogP contribution is -2.42. The molecule has 0 radical (unpaired) electrons. The van der Waals surface area contributed by atoms with Crippen molar-refractivity contribution in [2.75, 3.05) is 26.3 Å². The molecule has 3 aromatic rings. The summed E-state index contributed by atoms with van der Waals surface area (Å²) in [6.45, 7) is 2.94. The maximum absolute atomic E-state index is 12.5. The molecule has 0 unspecified atom stereocenters. The third kappa shape index (κ3) is 2.75. The number of ether oxygens (including phenoxy) is 1. The first-order valence-corrected chi connectivity index (χ1v) is 8.54. The van der Waals surface area contributed by atoms with E-state index < -0.39 is 0 Å². The Morgan fingerprint density at radius 3 is 2.91 bits per heavy atom. The standard InChI is InChI=1S/C17H17N3O2S/c21-15(19-7-9-22-10-8-19)12-20-6-4-13-3-5-18-16(17(13)20)14-2-1-11-23-14/h1-6,11H,7-10,12H2. The van der Waals surface area contributed by atoms with Gasteiger partial charge < -0.3 is 14.2 Å². The third-order valence-electron chi connectivity index (χ3n) is 4.10. The van der Waals surface area contributed by atoms with Gasteiger partial charge in [-0.15, -0.1) is 11.3 Å². The van der Waals surface area contributed by atoms with Crippen molar-refractivity contribution in [3.05, 3.63) is 42.0 Å². The lowest BCUT2D eigenvalue weighted by Gasteiger charge is -2.27. The zero-order valence-electron chi connectivity index (χ0n) is 12.6. The molecule has 0 saturated carbocycles. The van der Waals surface area contributed by atoms with Crippen LogP contribution in [-0.2, 0) is 16.1 Å². The highest BCUT2D eigenvalue weighted by Gasteiger charge is 2.19. The summed E-state index contributed by atoms with van der Waals surface area (Å²) in [7, 11) is 0. The number of thiophene rings is 1. The Labute approximate surface area is 138 Å². The van der Waals surface area contributed by atoms with Crippen molar-refractivity contribution in [2.24, 2.45) is 0 Å². The summed E-state index contributed by atoms with van der Waals surface area (Å²) in [4.78, 5) is 20.1. The Morgan fingerprint density at radius 2 is 2.13 bits per heavy atom. The van der Waals surface area contributed by atoms with Crippen LogP contribution in [0.5, 0.6) is 0 Å². The number of carbonyl (C=O) groups excluding carboxylic acids is 1. The summed E-state index contributed by atoms with van der Waals surface area (Å²) in [6.07, 6.45) is 3.80. The predicted molar refractivity (Wildman–Crippen MR) is 90.4 cm³/mol. The van der Waals surface area contributed by atoms with Gasteiger partial charge in [-0.2, -0.15) is 0 Å². The fraction of sp³-hybridized carbons (Fsp3) is 0.294. The summed E-state index contributed by atoms with van der Waals surface area (Å²) >= 11 is 1.66. The van der Waals surface area contributed by atoms with Gasteiger partial charge in [0.15, 0.2) is 0 Å². The highest BCUT2D eigenvalue weighted by atomic mass is 32.1. The molecule has 0 N–H and O–H groups in total. The third-order valence-corrected chi connectivity index (χ3v) is 4.98. The molecule has 3 aromatic heterocycles. The molecular weight excluding hydrogens is 310 g/mol. The van der Waals surface area contributed by atoms with Crippen LogP contribution in [-0.4, -0.2) is 46.7 Å². The van der Waals surface area contributed by atoms with Gasteiger partial charge in [-0.1, -0.05) is 6.07 Å². The molecule has 4 rings (SSSR count). The highest BCUT2D eigenvalue weighted by Crippen LogP contribution is 2.30. The normalized spacial score (nSPS) is 15.2. The first kappa shape index (κ1) is 14.4. The van der Waals surface area contributed by atoms with E-state index in [0.717, 1.165) is 21.5 Å². The monoisotopic (exact) mass is 327 g/mol. The van der Waals surface area contributed by atoms with Crippen LogP contribution in [0.4, 0.5) is 0 Å². The van der Waals surface area contributed by atoms with Gasteiger partial charge in [-0.05, 0) is 23.6 Å². The average Bonchev–Trinajstić information content (AvgIpc) is 3.26. The Morgan fingerprint density at radius 1 is 1.26 bits per heavy atom. The number of fused-ring (bicyclic) bond motifs is 1. The largest absolute Gasteiger partial charge is 0.378 e. The van der Waals surface area contributed by atoms with Crippen molar-refractivity contribution in [3.8, 4) is 10.6 Å². The predicted octanol–water partition coefficient (Wildman–Crippen LogP) is 2.62. The maximum atomic E-state index is 12.5. The molecule has 0 aliphatic carbocycles. The summed E-state index contributed by atoms with van der Waals surface area (Å²) in [6, 6.07) is 8.11. The van der Waals surface area contributed by atoms with Gasteiger partial charge in [0.25, 0.3) is 0 Å². The number of rotatable bonds is 3. The molecule has 1 aliphatic rings. The van der Waals surface area contributed by atoms with E-state index in [1.165, 1.54) is 0 Å². The Balaban J connectivity index is 1.69. The van der Waals surface area contributed by atoms with Crippen LogP contribution < -0.4 is 0 Å². The molecule has 0 aromatic carbocycles. The summed E-state index contributed by atoms with van der Waals surface area (Å²) < 4.78 is 7.32. The van der Waals surface area contributed by atoms with Crippen LogP contribution in [0.3, 0.4) is 0 Å². The van der Waals surface area contributed by atoms with E-state index >= 15 is 0 Å². The number of pyridine rings is 1. The second-order valence-corrected chi connectivity index (χ2v) is 6.46. The molecule has 1 aliphatic heterocycles. The van der Waals surface area contributed by atoms with Crippen molar-refractivity contribution >= 4 is 28.1 Å². The molecule has 1 saturated heterocycles.